The average Bonchev–Trinajstić information content (AvgIpc) is 2.37. The van der Waals surface area contributed by atoms with Crippen molar-refractivity contribution >= 4 is 8.15 Å². The third-order valence-corrected chi connectivity index (χ3v) is 6.12. The van der Waals surface area contributed by atoms with Crippen molar-refractivity contribution in [2.45, 2.75) is 65.2 Å². The number of quaternary nitrogens is 1. The van der Waals surface area contributed by atoms with E-state index in [4.69, 9.17) is 4.52 Å². The van der Waals surface area contributed by atoms with Crippen LogP contribution in [0.25, 0.3) is 0 Å². The Morgan fingerprint density at radius 3 is 1.65 bits per heavy atom. The Morgan fingerprint density at radius 2 is 1.25 bits per heavy atom. The summed E-state index contributed by atoms with van der Waals surface area (Å²) in [6, 6.07) is 0. The van der Waals surface area contributed by atoms with E-state index in [1.54, 1.807) is 0 Å². The monoisotopic (exact) mass is 305 g/mol. The van der Waals surface area contributed by atoms with Crippen LogP contribution in [-0.2, 0) is 4.52 Å². The van der Waals surface area contributed by atoms with Gasteiger partial charge in [0.05, 0.1) is 0 Å². The Bertz CT molecular complexity index is 192. The molecule has 0 spiro atoms. The van der Waals surface area contributed by atoms with Gasteiger partial charge in [-0.05, 0) is 0 Å². The van der Waals surface area contributed by atoms with Crippen LogP contribution in [0.5, 0.6) is 0 Å². The molecule has 0 aromatic carbocycles. The van der Waals surface area contributed by atoms with E-state index >= 15 is 0 Å². The molecule has 0 aromatic heterocycles. The fraction of sp³-hybridized carbons (Fsp3) is 1.00. The SMILES string of the molecule is CCCCCC[PH-](CCCCCC)OCC[N+](C)(C)C. The molecule has 0 aliphatic carbocycles. The Balaban J connectivity index is 3.84. The fourth-order valence-corrected chi connectivity index (χ4v) is 4.44. The van der Waals surface area contributed by atoms with E-state index < -0.39 is 8.15 Å². The van der Waals surface area contributed by atoms with Crippen LogP contribution in [0.3, 0.4) is 0 Å². The molecule has 0 N–H and O–H groups in total. The molecule has 0 bridgehead atoms. The first-order chi connectivity index (χ1) is 9.49. The van der Waals surface area contributed by atoms with E-state index in [0.717, 1.165) is 17.6 Å². The molecule has 3 heteroatoms. The first-order valence-corrected chi connectivity index (χ1v) is 10.6. The van der Waals surface area contributed by atoms with Gasteiger partial charge in [0.2, 0.25) is 0 Å². The van der Waals surface area contributed by atoms with Crippen LogP contribution in [-0.4, -0.2) is 51.1 Å². The zero-order valence-corrected chi connectivity index (χ0v) is 15.8. The summed E-state index contributed by atoms with van der Waals surface area (Å²) in [6.07, 6.45) is 13.8. The van der Waals surface area contributed by atoms with Gasteiger partial charge in [0.15, 0.2) is 0 Å². The Morgan fingerprint density at radius 1 is 0.750 bits per heavy atom. The van der Waals surface area contributed by atoms with Gasteiger partial charge in [0.25, 0.3) is 0 Å². The second kappa shape index (κ2) is 13.0. The third kappa shape index (κ3) is 14.8. The molecule has 0 radical (unpaired) electrons. The van der Waals surface area contributed by atoms with Crippen LogP contribution in [0, 0.1) is 0 Å². The average molecular weight is 305 g/mol. The van der Waals surface area contributed by atoms with Crippen LogP contribution in [0.2, 0.25) is 0 Å². The van der Waals surface area contributed by atoms with Gasteiger partial charge in [-0.15, -0.1) is 0 Å². The molecule has 0 aliphatic heterocycles. The van der Waals surface area contributed by atoms with E-state index in [2.05, 4.69) is 35.0 Å². The van der Waals surface area contributed by atoms with Gasteiger partial charge < -0.3 is 0 Å². The van der Waals surface area contributed by atoms with Crippen molar-refractivity contribution in [1.82, 2.24) is 0 Å². The Labute approximate surface area is 129 Å². The fourth-order valence-electron chi connectivity index (χ4n) is 2.23. The van der Waals surface area contributed by atoms with E-state index in [1.165, 1.54) is 63.7 Å². The molecule has 0 rings (SSSR count). The molecule has 0 aliphatic rings. The first kappa shape index (κ1) is 20.3. The van der Waals surface area contributed by atoms with Crippen LogP contribution in [0.15, 0.2) is 0 Å². The minimum atomic E-state index is -0.538. The molecule has 0 amide bonds. The standard InChI is InChI=1S/C17H40NOP/c1-6-8-10-12-16-20(17-13-11-9-7-2)19-15-14-18(3,4)5/h20H,6-17H2,1-5H3. The predicted molar refractivity (Wildman–Crippen MR) is 95.2 cm³/mol. The van der Waals surface area contributed by atoms with Crippen LogP contribution in [0.4, 0.5) is 0 Å². The molecule has 0 saturated carbocycles. The van der Waals surface area contributed by atoms with Crippen molar-refractivity contribution in [2.24, 2.45) is 0 Å². The molecular formula is C17H40NOP. The van der Waals surface area contributed by atoms with Gasteiger partial charge in [-0.1, -0.05) is 0 Å². The Kier molecular flexibility index (Phi) is 13.3. The summed E-state index contributed by atoms with van der Waals surface area (Å²) in [5, 5.41) is 0. The van der Waals surface area contributed by atoms with Crippen molar-refractivity contribution in [2.75, 3.05) is 46.6 Å². The first-order valence-electron chi connectivity index (χ1n) is 8.77. The molecule has 2 nitrogen and oxygen atoms in total. The van der Waals surface area contributed by atoms with Gasteiger partial charge in [0.1, 0.15) is 0 Å². The molecule has 124 valence electrons. The molecular weight excluding hydrogens is 265 g/mol. The number of hydrogen-bond donors (Lipinski definition) is 0. The van der Waals surface area contributed by atoms with E-state index in [1.807, 2.05) is 0 Å². The summed E-state index contributed by atoms with van der Waals surface area (Å²) in [5.41, 5.74) is 0. The molecule has 0 fully saturated rings. The van der Waals surface area contributed by atoms with Crippen LogP contribution >= 0.6 is 8.15 Å². The van der Waals surface area contributed by atoms with Gasteiger partial charge in [-0.3, -0.25) is 0 Å². The van der Waals surface area contributed by atoms with Gasteiger partial charge in [-0.2, -0.15) is 0 Å². The topological polar surface area (TPSA) is 9.23 Å². The molecule has 0 saturated heterocycles. The molecule has 0 aromatic rings. The number of nitrogens with zero attached hydrogens (tertiary/aromatic N) is 1. The van der Waals surface area contributed by atoms with Crippen molar-refractivity contribution in [3.05, 3.63) is 0 Å². The normalized spacial score (nSPS) is 12.8. The Hall–Kier alpha value is 0.350. The molecule has 20 heavy (non-hydrogen) atoms. The third-order valence-electron chi connectivity index (χ3n) is 3.69. The second-order valence-electron chi connectivity index (χ2n) is 7.02. The van der Waals surface area contributed by atoms with Gasteiger partial charge in [-0.25, -0.2) is 0 Å². The maximum atomic E-state index is 6.26. The van der Waals surface area contributed by atoms with E-state index in [-0.39, 0.29) is 0 Å². The van der Waals surface area contributed by atoms with Crippen molar-refractivity contribution < 1.29 is 9.01 Å². The zero-order chi connectivity index (χ0) is 15.3. The van der Waals surface area contributed by atoms with Crippen LogP contribution < -0.4 is 0 Å². The molecule has 0 atom stereocenters. The van der Waals surface area contributed by atoms with Crippen molar-refractivity contribution in [1.29, 1.82) is 0 Å². The second-order valence-corrected chi connectivity index (χ2v) is 9.39. The maximum absolute atomic E-state index is 6.26. The van der Waals surface area contributed by atoms with Crippen LogP contribution in [0.1, 0.15) is 65.2 Å². The summed E-state index contributed by atoms with van der Waals surface area (Å²) in [6.45, 7) is 6.67. The number of likely N-dealkylation sites (N-methyl/N-ethyl adjacent to an activating group) is 1. The number of rotatable bonds is 14. The quantitative estimate of drug-likeness (QED) is 0.249. The van der Waals surface area contributed by atoms with Gasteiger partial charge in [0, 0.05) is 0 Å². The summed E-state index contributed by atoms with van der Waals surface area (Å²) < 4.78 is 7.28. The van der Waals surface area contributed by atoms with Crippen molar-refractivity contribution in [3.8, 4) is 0 Å². The molecule has 0 unspecified atom stereocenters. The summed E-state index contributed by atoms with van der Waals surface area (Å²) in [7, 11) is 6.21. The van der Waals surface area contributed by atoms with Gasteiger partial charge >= 0.3 is 129 Å². The van der Waals surface area contributed by atoms with E-state index in [9.17, 15) is 0 Å². The summed E-state index contributed by atoms with van der Waals surface area (Å²) in [5.74, 6) is 0. The minimum absolute atomic E-state index is 0.538. The number of hydrogen-bond acceptors (Lipinski definition) is 1. The molecule has 0 heterocycles. The zero-order valence-electron chi connectivity index (χ0n) is 14.8. The van der Waals surface area contributed by atoms with Crippen molar-refractivity contribution in [3.63, 3.8) is 0 Å². The number of unbranched alkanes of at least 4 members (excludes halogenated alkanes) is 6. The summed E-state index contributed by atoms with van der Waals surface area (Å²) in [4.78, 5) is 0. The summed E-state index contributed by atoms with van der Waals surface area (Å²) >= 11 is 0. The predicted octanol–water partition coefficient (Wildman–Crippen LogP) is 5.00. The van der Waals surface area contributed by atoms with E-state index in [0.29, 0.717) is 0 Å².